The van der Waals surface area contributed by atoms with Crippen LogP contribution < -0.4 is 10.6 Å². The zero-order valence-corrected chi connectivity index (χ0v) is 18.2. The molecule has 1 fully saturated rings. The second-order valence-electron chi connectivity index (χ2n) is 6.06. The summed E-state index contributed by atoms with van der Waals surface area (Å²) in [7, 11) is 3.50. The third-order valence-corrected chi connectivity index (χ3v) is 4.59. The van der Waals surface area contributed by atoms with Gasteiger partial charge in [0.1, 0.15) is 0 Å². The van der Waals surface area contributed by atoms with Crippen molar-refractivity contribution in [2.24, 2.45) is 4.99 Å². The number of hydrogen-bond donors (Lipinski definition) is 2. The summed E-state index contributed by atoms with van der Waals surface area (Å²) in [6, 6.07) is 7.76. The van der Waals surface area contributed by atoms with E-state index in [4.69, 9.17) is 16.3 Å². The molecule has 1 unspecified atom stereocenters. The number of halogens is 2. The van der Waals surface area contributed by atoms with Crippen LogP contribution in [0.4, 0.5) is 0 Å². The first-order chi connectivity index (χ1) is 11.7. The molecule has 0 radical (unpaired) electrons. The highest BCUT2D eigenvalue weighted by molar-refractivity contribution is 14.0. The molecule has 1 atom stereocenters. The second kappa shape index (κ2) is 12.7. The van der Waals surface area contributed by atoms with Gasteiger partial charge in [-0.05, 0) is 43.6 Å². The van der Waals surface area contributed by atoms with Gasteiger partial charge in [-0.3, -0.25) is 4.99 Å². The van der Waals surface area contributed by atoms with Crippen molar-refractivity contribution in [3.8, 4) is 0 Å². The van der Waals surface area contributed by atoms with Crippen LogP contribution in [0.2, 0.25) is 5.02 Å². The van der Waals surface area contributed by atoms with Crippen molar-refractivity contribution in [2.75, 3.05) is 46.9 Å². The fourth-order valence-corrected chi connectivity index (χ4v) is 3.17. The summed E-state index contributed by atoms with van der Waals surface area (Å²) in [4.78, 5) is 6.79. The van der Waals surface area contributed by atoms with E-state index < -0.39 is 0 Å². The molecule has 0 amide bonds. The summed E-state index contributed by atoms with van der Waals surface area (Å²) in [5.74, 6) is 0.802. The van der Waals surface area contributed by atoms with Gasteiger partial charge in [-0.1, -0.05) is 30.2 Å². The Labute approximate surface area is 173 Å². The lowest BCUT2D eigenvalue weighted by Gasteiger charge is -2.26. The van der Waals surface area contributed by atoms with E-state index in [9.17, 15) is 0 Å². The molecule has 7 heteroatoms. The molecule has 0 saturated carbocycles. The number of likely N-dealkylation sites (tertiary alicyclic amines) is 1. The SMILES string of the molecule is CN=C(NCCN1CCCCC1)NCC(OC)c1cccc(Cl)c1.I. The minimum Gasteiger partial charge on any atom is -0.375 e. The molecular weight excluding hydrogens is 451 g/mol. The number of rotatable bonds is 7. The van der Waals surface area contributed by atoms with E-state index in [1.165, 1.54) is 32.4 Å². The lowest BCUT2D eigenvalue weighted by atomic mass is 10.1. The van der Waals surface area contributed by atoms with E-state index in [-0.39, 0.29) is 30.1 Å². The smallest absolute Gasteiger partial charge is 0.191 e. The maximum Gasteiger partial charge on any atom is 0.191 e. The number of nitrogens with zero attached hydrogens (tertiary/aromatic N) is 2. The summed E-state index contributed by atoms with van der Waals surface area (Å²) < 4.78 is 5.57. The van der Waals surface area contributed by atoms with Gasteiger partial charge in [0.15, 0.2) is 5.96 Å². The Morgan fingerprint density at radius 1 is 1.28 bits per heavy atom. The Balaban J connectivity index is 0.00000312. The fraction of sp³-hybridized carbons (Fsp3) is 0.611. The van der Waals surface area contributed by atoms with Gasteiger partial charge in [0.25, 0.3) is 0 Å². The van der Waals surface area contributed by atoms with Crippen molar-refractivity contribution < 1.29 is 4.74 Å². The standard InChI is InChI=1S/C18H29ClN4O.HI/c1-20-18(21-9-12-23-10-4-3-5-11-23)22-14-17(24-2)15-7-6-8-16(19)13-15;/h6-8,13,17H,3-5,9-12,14H2,1-2H3,(H2,20,21,22);1H. The fourth-order valence-electron chi connectivity index (χ4n) is 2.97. The minimum atomic E-state index is -0.0654. The van der Waals surface area contributed by atoms with Crippen molar-refractivity contribution in [1.82, 2.24) is 15.5 Å². The summed E-state index contributed by atoms with van der Waals surface area (Å²) in [5, 5.41) is 7.42. The van der Waals surface area contributed by atoms with Crippen LogP contribution in [-0.2, 0) is 4.74 Å². The lowest BCUT2D eigenvalue weighted by molar-refractivity contribution is 0.106. The number of methoxy groups -OCH3 is 1. The highest BCUT2D eigenvalue weighted by atomic mass is 127. The molecule has 0 spiro atoms. The van der Waals surface area contributed by atoms with Crippen LogP contribution in [0.15, 0.2) is 29.3 Å². The molecule has 1 heterocycles. The van der Waals surface area contributed by atoms with Crippen LogP contribution in [0.3, 0.4) is 0 Å². The van der Waals surface area contributed by atoms with Gasteiger partial charge in [0, 0.05) is 38.8 Å². The van der Waals surface area contributed by atoms with Crippen molar-refractivity contribution in [3.05, 3.63) is 34.9 Å². The minimum absolute atomic E-state index is 0. The first-order valence-electron chi connectivity index (χ1n) is 8.68. The molecule has 0 aromatic heterocycles. The van der Waals surface area contributed by atoms with Crippen LogP contribution in [0.25, 0.3) is 0 Å². The maximum atomic E-state index is 6.06. The number of nitrogens with one attached hydrogen (secondary N) is 2. The van der Waals surface area contributed by atoms with Gasteiger partial charge in [-0.15, -0.1) is 24.0 Å². The van der Waals surface area contributed by atoms with Gasteiger partial charge in [0.2, 0.25) is 0 Å². The molecule has 1 aliphatic rings. The maximum absolute atomic E-state index is 6.06. The monoisotopic (exact) mass is 480 g/mol. The Morgan fingerprint density at radius 2 is 2.04 bits per heavy atom. The molecule has 2 N–H and O–H groups in total. The number of hydrogen-bond acceptors (Lipinski definition) is 3. The predicted octanol–water partition coefficient (Wildman–Crippen LogP) is 3.30. The van der Waals surface area contributed by atoms with E-state index in [0.29, 0.717) is 6.54 Å². The first kappa shape index (κ1) is 22.5. The quantitative estimate of drug-likeness (QED) is 0.357. The van der Waals surface area contributed by atoms with E-state index in [2.05, 4.69) is 20.5 Å². The van der Waals surface area contributed by atoms with E-state index in [1.54, 1.807) is 14.2 Å². The van der Waals surface area contributed by atoms with Crippen LogP contribution in [0.5, 0.6) is 0 Å². The molecule has 142 valence electrons. The number of benzene rings is 1. The third-order valence-electron chi connectivity index (χ3n) is 4.35. The van der Waals surface area contributed by atoms with Crippen LogP contribution >= 0.6 is 35.6 Å². The summed E-state index contributed by atoms with van der Waals surface area (Å²) in [6.07, 6.45) is 3.95. The Bertz CT molecular complexity index is 524. The van der Waals surface area contributed by atoms with Crippen LogP contribution in [0, 0.1) is 0 Å². The topological polar surface area (TPSA) is 48.9 Å². The molecule has 2 rings (SSSR count). The Hall–Kier alpha value is -0.570. The van der Waals surface area contributed by atoms with Crippen molar-refractivity contribution in [2.45, 2.75) is 25.4 Å². The normalized spacial score (nSPS) is 16.8. The van der Waals surface area contributed by atoms with E-state index >= 15 is 0 Å². The van der Waals surface area contributed by atoms with Gasteiger partial charge in [-0.2, -0.15) is 0 Å². The number of aliphatic imine (C=N–C) groups is 1. The molecule has 1 aromatic carbocycles. The highest BCUT2D eigenvalue weighted by Gasteiger charge is 2.12. The highest BCUT2D eigenvalue weighted by Crippen LogP contribution is 2.19. The average molecular weight is 481 g/mol. The molecule has 25 heavy (non-hydrogen) atoms. The van der Waals surface area contributed by atoms with Gasteiger partial charge < -0.3 is 20.3 Å². The molecule has 0 aliphatic carbocycles. The zero-order chi connectivity index (χ0) is 17.2. The number of guanidine groups is 1. The first-order valence-corrected chi connectivity index (χ1v) is 9.06. The van der Waals surface area contributed by atoms with Crippen LogP contribution in [-0.4, -0.2) is 57.7 Å². The zero-order valence-electron chi connectivity index (χ0n) is 15.1. The molecule has 5 nitrogen and oxygen atoms in total. The molecular formula is C18H30ClIN4O. The van der Waals surface area contributed by atoms with Gasteiger partial charge in [-0.25, -0.2) is 0 Å². The largest absolute Gasteiger partial charge is 0.375 e. The number of ether oxygens (including phenoxy) is 1. The summed E-state index contributed by atoms with van der Waals surface area (Å²) in [6.45, 7) is 5.03. The van der Waals surface area contributed by atoms with Crippen LogP contribution in [0.1, 0.15) is 30.9 Å². The Kier molecular flexibility index (Phi) is 11.4. The average Bonchev–Trinajstić information content (AvgIpc) is 2.61. The van der Waals surface area contributed by atoms with Crippen molar-refractivity contribution >= 4 is 41.5 Å². The van der Waals surface area contributed by atoms with E-state index in [1.807, 2.05) is 24.3 Å². The second-order valence-corrected chi connectivity index (χ2v) is 6.50. The molecule has 1 saturated heterocycles. The van der Waals surface area contributed by atoms with Crippen molar-refractivity contribution in [1.29, 1.82) is 0 Å². The molecule has 1 aromatic rings. The third kappa shape index (κ3) is 8.11. The van der Waals surface area contributed by atoms with Crippen molar-refractivity contribution in [3.63, 3.8) is 0 Å². The molecule has 1 aliphatic heterocycles. The van der Waals surface area contributed by atoms with Gasteiger partial charge >= 0.3 is 0 Å². The lowest BCUT2D eigenvalue weighted by Crippen LogP contribution is -2.43. The predicted molar refractivity (Wildman–Crippen MR) is 116 cm³/mol. The molecule has 0 bridgehead atoms. The Morgan fingerprint density at radius 3 is 2.68 bits per heavy atom. The summed E-state index contributed by atoms with van der Waals surface area (Å²) in [5.41, 5.74) is 1.06. The summed E-state index contributed by atoms with van der Waals surface area (Å²) >= 11 is 6.06. The van der Waals surface area contributed by atoms with Gasteiger partial charge in [0.05, 0.1) is 6.10 Å². The van der Waals surface area contributed by atoms with E-state index in [0.717, 1.165) is 29.6 Å². The number of piperidine rings is 1.